The highest BCUT2D eigenvalue weighted by Gasteiger charge is 1.99. The maximum absolute atomic E-state index is 5.30. The van der Waals surface area contributed by atoms with Gasteiger partial charge in [-0.15, -0.1) is 0 Å². The summed E-state index contributed by atoms with van der Waals surface area (Å²) in [6.45, 7) is 4.98. The van der Waals surface area contributed by atoms with Crippen LogP contribution in [0, 0.1) is 0 Å². The average Bonchev–Trinajstić information content (AvgIpc) is 1.91. The van der Waals surface area contributed by atoms with Crippen LogP contribution in [-0.2, 0) is 9.16 Å². The zero-order chi connectivity index (χ0) is 7.11. The summed E-state index contributed by atoms with van der Waals surface area (Å²) in [5.41, 5.74) is 0. The van der Waals surface area contributed by atoms with E-state index in [1.165, 1.54) is 0 Å². The molecule has 0 N–H and O–H groups in total. The van der Waals surface area contributed by atoms with Crippen LogP contribution in [0.1, 0.15) is 26.7 Å². The van der Waals surface area contributed by atoms with Gasteiger partial charge in [0.15, 0.2) is 0 Å². The molecule has 0 heterocycles. The molecule has 1 unspecified atom stereocenters. The average molecular weight is 148 g/mol. The molecule has 9 heavy (non-hydrogen) atoms. The molecule has 0 aromatic rings. The first-order valence-corrected chi connectivity index (χ1v) is 4.31. The first-order chi connectivity index (χ1) is 4.35. The van der Waals surface area contributed by atoms with Gasteiger partial charge >= 0.3 is 0 Å². The third kappa shape index (κ3) is 4.63. The van der Waals surface area contributed by atoms with E-state index in [0.717, 1.165) is 29.9 Å². The molecule has 0 aliphatic rings. The minimum Gasteiger partial charge on any atom is -0.404 e. The van der Waals surface area contributed by atoms with Crippen LogP contribution in [0.3, 0.4) is 0 Å². The fraction of sp³-hybridized carbons (Fsp3) is 1.00. The van der Waals surface area contributed by atoms with E-state index >= 15 is 0 Å². The summed E-state index contributed by atoms with van der Waals surface area (Å²) in [5, 5.41) is 0. The highest BCUT2D eigenvalue weighted by Crippen LogP contribution is 1.97. The van der Waals surface area contributed by atoms with E-state index in [1.54, 1.807) is 0 Å². The van der Waals surface area contributed by atoms with Gasteiger partial charge in [0.1, 0.15) is 16.8 Å². The second-order valence-corrected chi connectivity index (χ2v) is 2.42. The Labute approximate surface area is 60.1 Å². The Bertz CT molecular complexity index is 55.0. The first-order valence-electron chi connectivity index (χ1n) is 3.49. The van der Waals surface area contributed by atoms with Gasteiger partial charge in [0.25, 0.3) is 0 Å². The Balaban J connectivity index is 3.09. The van der Waals surface area contributed by atoms with E-state index in [0.29, 0.717) is 0 Å². The second-order valence-electron chi connectivity index (χ2n) is 1.94. The van der Waals surface area contributed by atoms with Crippen molar-refractivity contribution in [3.8, 4) is 0 Å². The van der Waals surface area contributed by atoms with Crippen LogP contribution in [0.25, 0.3) is 0 Å². The van der Waals surface area contributed by atoms with Crippen LogP contribution in [0.2, 0.25) is 0 Å². The van der Waals surface area contributed by atoms with Crippen molar-refractivity contribution in [3.63, 3.8) is 0 Å². The van der Waals surface area contributed by atoms with Crippen molar-refractivity contribution in [3.05, 3.63) is 0 Å². The molecule has 1 atom stereocenters. The lowest BCUT2D eigenvalue weighted by Crippen LogP contribution is -2.14. The number of hydrogen-bond donors (Lipinski definition) is 0. The van der Waals surface area contributed by atoms with Gasteiger partial charge in [-0.2, -0.15) is 0 Å². The monoisotopic (exact) mass is 148 g/mol. The minimum absolute atomic E-state index is 0.0663. The zero-order valence-corrected chi connectivity index (χ0v) is 8.52. The van der Waals surface area contributed by atoms with Crippen LogP contribution in [-0.4, -0.2) is 23.4 Å². The van der Waals surface area contributed by atoms with Gasteiger partial charge in [-0.1, -0.05) is 13.8 Å². The summed E-state index contributed by atoms with van der Waals surface area (Å²) in [7, 11) is 0.774. The van der Waals surface area contributed by atoms with Crippen LogP contribution in [0.15, 0.2) is 0 Å². The van der Waals surface area contributed by atoms with Crippen molar-refractivity contribution in [1.82, 2.24) is 0 Å². The summed E-state index contributed by atoms with van der Waals surface area (Å²) in [4.78, 5) is 0. The van der Waals surface area contributed by atoms with Crippen LogP contribution < -0.4 is 0 Å². The fourth-order valence-electron chi connectivity index (χ4n) is 0.602. The van der Waals surface area contributed by atoms with Gasteiger partial charge < -0.3 is 9.16 Å². The predicted molar refractivity (Wildman–Crippen MR) is 41.3 cm³/mol. The Morgan fingerprint density at radius 2 is 2.11 bits per heavy atom. The third-order valence-corrected chi connectivity index (χ3v) is 1.63. The Morgan fingerprint density at radius 1 is 1.44 bits per heavy atom. The SMILES string of the molecule is CCCOC(CC)O[SiH3]. The molecule has 0 spiro atoms. The Hall–Kier alpha value is 0.137. The van der Waals surface area contributed by atoms with E-state index in [-0.39, 0.29) is 6.29 Å². The zero-order valence-electron chi connectivity index (χ0n) is 6.52. The van der Waals surface area contributed by atoms with E-state index in [9.17, 15) is 0 Å². The summed E-state index contributed by atoms with van der Waals surface area (Å²) in [6, 6.07) is 0. The van der Waals surface area contributed by atoms with Crippen LogP contribution in [0.5, 0.6) is 0 Å². The minimum atomic E-state index is 0.0663. The molecule has 0 rings (SSSR count). The molecular weight excluding hydrogens is 132 g/mol. The Kier molecular flexibility index (Phi) is 6.35. The third-order valence-electron chi connectivity index (χ3n) is 1.10. The van der Waals surface area contributed by atoms with Crippen LogP contribution >= 0.6 is 0 Å². The molecule has 0 saturated carbocycles. The first kappa shape index (κ1) is 9.14. The van der Waals surface area contributed by atoms with Crippen molar-refractivity contribution < 1.29 is 9.16 Å². The standard InChI is InChI=1S/C6H16O2Si/c1-3-5-7-6(4-2)8-9/h6H,3-5H2,1-2,9H3. The van der Waals surface area contributed by atoms with Gasteiger partial charge in [0.2, 0.25) is 0 Å². The molecule has 0 aromatic carbocycles. The van der Waals surface area contributed by atoms with E-state index < -0.39 is 0 Å². The highest BCUT2D eigenvalue weighted by atomic mass is 28.2. The summed E-state index contributed by atoms with van der Waals surface area (Å²) >= 11 is 0. The topological polar surface area (TPSA) is 18.5 Å². The van der Waals surface area contributed by atoms with Gasteiger partial charge in [0.05, 0.1) is 0 Å². The predicted octanol–water partition coefficient (Wildman–Crippen LogP) is 0.446. The smallest absolute Gasteiger partial charge is 0.149 e. The van der Waals surface area contributed by atoms with Crippen molar-refractivity contribution >= 4 is 10.5 Å². The van der Waals surface area contributed by atoms with E-state index in [1.807, 2.05) is 0 Å². The lowest BCUT2D eigenvalue weighted by atomic mass is 10.5. The lowest BCUT2D eigenvalue weighted by molar-refractivity contribution is -0.0777. The van der Waals surface area contributed by atoms with Crippen molar-refractivity contribution in [1.29, 1.82) is 0 Å². The summed E-state index contributed by atoms with van der Waals surface area (Å²) in [6.07, 6.45) is 2.10. The second kappa shape index (κ2) is 6.26. The van der Waals surface area contributed by atoms with Crippen molar-refractivity contribution in [2.24, 2.45) is 0 Å². The quantitative estimate of drug-likeness (QED) is 0.416. The normalized spacial score (nSPS) is 14.0. The van der Waals surface area contributed by atoms with E-state index in [2.05, 4.69) is 13.8 Å². The maximum atomic E-state index is 5.30. The molecule has 0 aliphatic carbocycles. The molecule has 0 radical (unpaired) electrons. The fourth-order valence-corrected chi connectivity index (χ4v) is 1.07. The van der Waals surface area contributed by atoms with Crippen molar-refractivity contribution in [2.75, 3.05) is 6.61 Å². The Morgan fingerprint density at radius 3 is 2.44 bits per heavy atom. The van der Waals surface area contributed by atoms with Gasteiger partial charge in [-0.25, -0.2) is 0 Å². The van der Waals surface area contributed by atoms with Crippen molar-refractivity contribution in [2.45, 2.75) is 33.0 Å². The highest BCUT2D eigenvalue weighted by molar-refractivity contribution is 5.98. The van der Waals surface area contributed by atoms with Gasteiger partial charge in [-0.05, 0) is 12.8 Å². The van der Waals surface area contributed by atoms with Gasteiger partial charge in [-0.3, -0.25) is 0 Å². The summed E-state index contributed by atoms with van der Waals surface area (Å²) in [5.74, 6) is 0. The van der Waals surface area contributed by atoms with Gasteiger partial charge in [0, 0.05) is 6.61 Å². The molecule has 2 nitrogen and oxygen atoms in total. The number of rotatable bonds is 5. The molecular formula is C6H16O2Si. The summed E-state index contributed by atoms with van der Waals surface area (Å²) < 4.78 is 10.4. The number of ether oxygens (including phenoxy) is 1. The molecule has 56 valence electrons. The molecule has 0 bridgehead atoms. The van der Waals surface area contributed by atoms with Crippen LogP contribution in [0.4, 0.5) is 0 Å². The molecule has 3 heteroatoms. The number of hydrogen-bond acceptors (Lipinski definition) is 2. The molecule has 0 saturated heterocycles. The molecule has 0 amide bonds. The largest absolute Gasteiger partial charge is 0.404 e. The van der Waals surface area contributed by atoms with E-state index in [4.69, 9.17) is 9.16 Å². The molecule has 0 aliphatic heterocycles. The molecule has 0 aromatic heterocycles. The maximum Gasteiger partial charge on any atom is 0.149 e. The molecule has 0 fully saturated rings. The lowest BCUT2D eigenvalue weighted by Gasteiger charge is -2.13.